The molecule has 2 aliphatic heterocycles. The molecule has 2 N–H and O–H groups in total. The molecule has 28 heavy (non-hydrogen) atoms. The zero-order valence-corrected chi connectivity index (χ0v) is 17.4. The van der Waals surface area contributed by atoms with Crippen LogP contribution in [-0.4, -0.2) is 86.8 Å². The van der Waals surface area contributed by atoms with Gasteiger partial charge in [-0.25, -0.2) is 4.79 Å². The molecule has 7 nitrogen and oxygen atoms in total. The molecule has 1 aromatic rings. The van der Waals surface area contributed by atoms with Crippen molar-refractivity contribution in [3.05, 3.63) is 24.5 Å². The minimum atomic E-state index is 0.00306. The smallest absolute Gasteiger partial charge is 0.315 e. The van der Waals surface area contributed by atoms with Crippen LogP contribution in [0.4, 0.5) is 10.5 Å². The highest BCUT2D eigenvalue weighted by atomic mass is 16.2. The van der Waals surface area contributed by atoms with Crippen LogP contribution in [0.1, 0.15) is 25.7 Å². The third-order valence-electron chi connectivity index (χ3n) is 5.98. The van der Waals surface area contributed by atoms with Crippen LogP contribution in [0.15, 0.2) is 24.5 Å². The van der Waals surface area contributed by atoms with Gasteiger partial charge in [0, 0.05) is 69.9 Å². The summed E-state index contributed by atoms with van der Waals surface area (Å²) in [5.41, 5.74) is 1.25. The van der Waals surface area contributed by atoms with Gasteiger partial charge in [-0.3, -0.25) is 4.98 Å². The first kappa shape index (κ1) is 20.9. The summed E-state index contributed by atoms with van der Waals surface area (Å²) in [4.78, 5) is 23.5. The normalized spacial score (nSPS) is 19.8. The van der Waals surface area contributed by atoms with E-state index in [1.165, 1.54) is 5.69 Å². The van der Waals surface area contributed by atoms with Crippen molar-refractivity contribution in [1.82, 2.24) is 25.4 Å². The summed E-state index contributed by atoms with van der Waals surface area (Å²) in [7, 11) is 4.23. The molecule has 7 heteroatoms. The van der Waals surface area contributed by atoms with Gasteiger partial charge in [-0.15, -0.1) is 0 Å². The van der Waals surface area contributed by atoms with Crippen molar-refractivity contribution in [3.63, 3.8) is 0 Å². The molecule has 0 aromatic carbocycles. The number of nitrogens with one attached hydrogen (secondary N) is 2. The number of piperidine rings is 2. The van der Waals surface area contributed by atoms with Crippen molar-refractivity contribution in [1.29, 1.82) is 0 Å². The second-order valence-corrected chi connectivity index (χ2v) is 8.41. The van der Waals surface area contributed by atoms with E-state index in [1.807, 2.05) is 12.4 Å². The largest absolute Gasteiger partial charge is 0.371 e. The molecule has 156 valence electrons. The Kier molecular flexibility index (Phi) is 7.91. The number of hydrogen-bond donors (Lipinski definition) is 2. The number of pyridine rings is 1. The molecular formula is C21H36N6O. The van der Waals surface area contributed by atoms with Gasteiger partial charge >= 0.3 is 6.03 Å². The van der Waals surface area contributed by atoms with Crippen molar-refractivity contribution in [2.75, 3.05) is 64.8 Å². The number of amides is 2. The lowest BCUT2D eigenvalue weighted by atomic mass is 9.96. The van der Waals surface area contributed by atoms with Crippen LogP contribution in [-0.2, 0) is 0 Å². The molecule has 0 bridgehead atoms. The van der Waals surface area contributed by atoms with E-state index in [0.29, 0.717) is 12.0 Å². The average molecular weight is 389 g/mol. The van der Waals surface area contributed by atoms with Gasteiger partial charge in [0.25, 0.3) is 0 Å². The summed E-state index contributed by atoms with van der Waals surface area (Å²) in [5, 5.41) is 6.28. The molecular weight excluding hydrogens is 352 g/mol. The topological polar surface area (TPSA) is 63.7 Å². The number of anilines is 1. The fourth-order valence-electron chi connectivity index (χ4n) is 4.07. The van der Waals surface area contributed by atoms with E-state index in [9.17, 15) is 4.79 Å². The van der Waals surface area contributed by atoms with E-state index < -0.39 is 0 Å². The van der Waals surface area contributed by atoms with E-state index >= 15 is 0 Å². The lowest BCUT2D eigenvalue weighted by Crippen LogP contribution is -2.49. The standard InChI is InChI=1S/C21H36N6O/c1-25(2)15-16-26-11-7-19(8-12-26)24-21(28)23-17-18-5-13-27(14-6-18)20-3-9-22-10-4-20/h3-4,9-10,18-19H,5-8,11-17H2,1-2H3,(H2,23,24,28). The second kappa shape index (κ2) is 10.6. The Balaban J connectivity index is 1.28. The Morgan fingerprint density at radius 1 is 1.11 bits per heavy atom. The Labute approximate surface area is 169 Å². The molecule has 2 aliphatic rings. The molecule has 0 saturated carbocycles. The predicted octanol–water partition coefficient (Wildman–Crippen LogP) is 1.62. The average Bonchev–Trinajstić information content (AvgIpc) is 2.73. The molecule has 2 saturated heterocycles. The van der Waals surface area contributed by atoms with Crippen molar-refractivity contribution in [2.24, 2.45) is 5.92 Å². The number of aromatic nitrogens is 1. The minimum Gasteiger partial charge on any atom is -0.371 e. The lowest BCUT2D eigenvalue weighted by Gasteiger charge is -2.34. The highest BCUT2D eigenvalue weighted by Crippen LogP contribution is 2.22. The maximum Gasteiger partial charge on any atom is 0.315 e. The molecule has 0 radical (unpaired) electrons. The SMILES string of the molecule is CN(C)CCN1CCC(NC(=O)NCC2CCN(c3ccncc3)CC2)CC1. The Bertz CT molecular complexity index is 580. The first-order chi connectivity index (χ1) is 13.6. The van der Waals surface area contributed by atoms with Crippen LogP contribution in [0.3, 0.4) is 0 Å². The third-order valence-corrected chi connectivity index (χ3v) is 5.98. The molecule has 0 unspecified atom stereocenters. The van der Waals surface area contributed by atoms with Crippen LogP contribution in [0.25, 0.3) is 0 Å². The maximum atomic E-state index is 12.3. The van der Waals surface area contributed by atoms with Crippen LogP contribution in [0.2, 0.25) is 0 Å². The maximum absolute atomic E-state index is 12.3. The highest BCUT2D eigenvalue weighted by molar-refractivity contribution is 5.74. The van der Waals surface area contributed by atoms with Gasteiger partial charge in [-0.1, -0.05) is 0 Å². The van der Waals surface area contributed by atoms with Crippen LogP contribution >= 0.6 is 0 Å². The molecule has 3 heterocycles. The summed E-state index contributed by atoms with van der Waals surface area (Å²) in [6, 6.07) is 4.45. The van der Waals surface area contributed by atoms with Gasteiger partial charge in [-0.2, -0.15) is 0 Å². The number of hydrogen-bond acceptors (Lipinski definition) is 5. The van der Waals surface area contributed by atoms with Gasteiger partial charge in [0.15, 0.2) is 0 Å². The van der Waals surface area contributed by atoms with Crippen LogP contribution in [0, 0.1) is 5.92 Å². The van der Waals surface area contributed by atoms with E-state index in [4.69, 9.17) is 0 Å². The monoisotopic (exact) mass is 388 g/mol. The van der Waals surface area contributed by atoms with Crippen molar-refractivity contribution < 1.29 is 4.79 Å². The summed E-state index contributed by atoms with van der Waals surface area (Å²) in [6.07, 6.45) is 8.02. The van der Waals surface area contributed by atoms with E-state index in [1.54, 1.807) is 0 Å². The van der Waals surface area contributed by atoms with E-state index in [0.717, 1.165) is 71.5 Å². The zero-order valence-electron chi connectivity index (χ0n) is 17.4. The number of likely N-dealkylation sites (N-methyl/N-ethyl adjacent to an activating group) is 1. The summed E-state index contributed by atoms with van der Waals surface area (Å²) in [5.74, 6) is 0.566. The quantitative estimate of drug-likeness (QED) is 0.743. The van der Waals surface area contributed by atoms with Gasteiger partial charge in [0.1, 0.15) is 0 Å². The lowest BCUT2D eigenvalue weighted by molar-refractivity contribution is 0.179. The minimum absolute atomic E-state index is 0.00306. The zero-order chi connectivity index (χ0) is 19.8. The van der Waals surface area contributed by atoms with Crippen LogP contribution < -0.4 is 15.5 Å². The number of nitrogens with zero attached hydrogens (tertiary/aromatic N) is 4. The van der Waals surface area contributed by atoms with Crippen LogP contribution in [0.5, 0.6) is 0 Å². The first-order valence-electron chi connectivity index (χ1n) is 10.7. The Morgan fingerprint density at radius 2 is 1.79 bits per heavy atom. The highest BCUT2D eigenvalue weighted by Gasteiger charge is 2.22. The summed E-state index contributed by atoms with van der Waals surface area (Å²) in [6.45, 7) is 7.23. The molecule has 1 aromatic heterocycles. The fraction of sp³-hybridized carbons (Fsp3) is 0.714. The fourth-order valence-corrected chi connectivity index (χ4v) is 4.07. The van der Waals surface area contributed by atoms with Crippen molar-refractivity contribution in [2.45, 2.75) is 31.7 Å². The van der Waals surface area contributed by atoms with Gasteiger partial charge in [0.05, 0.1) is 0 Å². The molecule has 2 amide bonds. The predicted molar refractivity (Wildman–Crippen MR) is 114 cm³/mol. The number of rotatable bonds is 7. The van der Waals surface area contributed by atoms with Crippen molar-refractivity contribution >= 4 is 11.7 Å². The summed E-state index contributed by atoms with van der Waals surface area (Å²) >= 11 is 0. The first-order valence-corrected chi connectivity index (χ1v) is 10.7. The molecule has 0 spiro atoms. The second-order valence-electron chi connectivity index (χ2n) is 8.41. The Hall–Kier alpha value is -1.86. The van der Waals surface area contributed by atoms with E-state index in [2.05, 4.69) is 56.5 Å². The van der Waals surface area contributed by atoms with Gasteiger partial charge < -0.3 is 25.3 Å². The number of urea groups is 1. The number of carbonyl (C=O) groups excluding carboxylic acids is 1. The van der Waals surface area contributed by atoms with E-state index in [-0.39, 0.29) is 6.03 Å². The molecule has 0 aliphatic carbocycles. The molecule has 3 rings (SSSR count). The van der Waals surface area contributed by atoms with Crippen molar-refractivity contribution in [3.8, 4) is 0 Å². The van der Waals surface area contributed by atoms with Gasteiger partial charge in [-0.05, 0) is 57.8 Å². The molecule has 2 fully saturated rings. The number of likely N-dealkylation sites (tertiary alicyclic amines) is 1. The Morgan fingerprint density at radius 3 is 2.43 bits per heavy atom. The molecule has 0 atom stereocenters. The third kappa shape index (κ3) is 6.63. The number of carbonyl (C=O) groups is 1. The summed E-state index contributed by atoms with van der Waals surface area (Å²) < 4.78 is 0. The van der Waals surface area contributed by atoms with Gasteiger partial charge in [0.2, 0.25) is 0 Å².